The normalized spacial score (nSPS) is 17.3. The number of carbonyl (C=O) groups excluding carboxylic acids is 2. The maximum absolute atomic E-state index is 13.3. The van der Waals surface area contributed by atoms with E-state index >= 15 is 0 Å². The first-order chi connectivity index (χ1) is 17.1. The molecule has 0 saturated carbocycles. The van der Waals surface area contributed by atoms with Gasteiger partial charge in [0.2, 0.25) is 0 Å². The summed E-state index contributed by atoms with van der Waals surface area (Å²) in [6.07, 6.45) is -0.0104. The average Bonchev–Trinajstić information content (AvgIpc) is 3.10. The molecule has 1 saturated heterocycles. The Balaban J connectivity index is 2.13. The van der Waals surface area contributed by atoms with Crippen LogP contribution in [0.3, 0.4) is 0 Å². The van der Waals surface area contributed by atoms with Gasteiger partial charge in [0.05, 0.1) is 24.8 Å². The van der Waals surface area contributed by atoms with E-state index in [-0.39, 0.29) is 28.9 Å². The Labute approximate surface area is 212 Å². The summed E-state index contributed by atoms with van der Waals surface area (Å²) < 4.78 is 11.1. The van der Waals surface area contributed by atoms with Gasteiger partial charge in [0.1, 0.15) is 11.5 Å². The second-order valence-corrected chi connectivity index (χ2v) is 9.10. The lowest BCUT2D eigenvalue weighted by Crippen LogP contribution is -2.38. The minimum absolute atomic E-state index is 0.00391. The summed E-state index contributed by atoms with van der Waals surface area (Å²) in [5.74, 6) is -0.831. The van der Waals surface area contributed by atoms with Gasteiger partial charge in [-0.15, -0.1) is 0 Å². The molecule has 1 aliphatic rings. The molecule has 0 aromatic heterocycles. The molecule has 0 spiro atoms. The molecule has 0 unspecified atom stereocenters. The lowest BCUT2D eigenvalue weighted by atomic mass is 9.94. The maximum atomic E-state index is 13.3. The number of phenols is 1. The van der Waals surface area contributed by atoms with Gasteiger partial charge in [-0.1, -0.05) is 19.9 Å². The number of rotatable bonds is 10. The summed E-state index contributed by atoms with van der Waals surface area (Å²) in [5.41, 5.74) is 1.78. The molecule has 0 bridgehead atoms. The monoisotopic (exact) mass is 496 g/mol. The van der Waals surface area contributed by atoms with Crippen molar-refractivity contribution in [3.8, 4) is 17.2 Å². The molecular formula is C28H36N2O6. The number of Topliss-reactive ketones (excluding diaryl/α,β-unsaturated/α-hetero) is 1. The third-order valence-corrected chi connectivity index (χ3v) is 6.42. The number of hydrogen-bond donors (Lipinski definition) is 2. The van der Waals surface area contributed by atoms with Crippen molar-refractivity contribution >= 4 is 17.4 Å². The number of aliphatic hydroxyl groups is 1. The van der Waals surface area contributed by atoms with E-state index in [2.05, 4.69) is 4.90 Å². The van der Waals surface area contributed by atoms with E-state index in [1.54, 1.807) is 30.3 Å². The number of methoxy groups -OCH3 is 1. The number of nitrogens with zero attached hydrogens (tertiary/aromatic N) is 2. The van der Waals surface area contributed by atoms with Gasteiger partial charge in [0.25, 0.3) is 11.7 Å². The number of hydrogen-bond acceptors (Lipinski definition) is 7. The standard InChI is InChI=1S/C28H36N2O6/c1-7-29(8-2)13-14-30-25(19-9-11-21(31)23(16-19)35-6)24(27(33)28(30)34)26(32)20-10-12-22(18(5)15-20)36-17(3)4/h9-12,15-17,25,31-32H,7-8,13-14H2,1-6H3/b26-24+/t25-/m1/s1. The Morgan fingerprint density at radius 2 is 1.78 bits per heavy atom. The van der Waals surface area contributed by atoms with Crippen LogP contribution in [0.1, 0.15) is 50.4 Å². The van der Waals surface area contributed by atoms with Crippen LogP contribution >= 0.6 is 0 Å². The molecule has 8 heteroatoms. The van der Waals surface area contributed by atoms with Crippen LogP contribution in [0.4, 0.5) is 0 Å². The highest BCUT2D eigenvalue weighted by Crippen LogP contribution is 2.42. The van der Waals surface area contributed by atoms with Gasteiger partial charge in [-0.25, -0.2) is 0 Å². The maximum Gasteiger partial charge on any atom is 0.295 e. The number of aromatic hydroxyl groups is 1. The van der Waals surface area contributed by atoms with Crippen LogP contribution in [-0.4, -0.2) is 71.1 Å². The van der Waals surface area contributed by atoms with Crippen LogP contribution in [0.25, 0.3) is 5.76 Å². The number of phenolic OH excluding ortho intramolecular Hbond substituents is 1. The smallest absolute Gasteiger partial charge is 0.295 e. The lowest BCUT2D eigenvalue weighted by Gasteiger charge is -2.28. The summed E-state index contributed by atoms with van der Waals surface area (Å²) >= 11 is 0. The SMILES string of the molecule is CCN(CC)CCN1C(=O)C(=O)/C(=C(/O)c2ccc(OC(C)C)c(C)c2)[C@H]1c1ccc(O)c(OC)c1. The van der Waals surface area contributed by atoms with Crippen LogP contribution in [0.5, 0.6) is 17.2 Å². The number of carbonyl (C=O) groups is 2. The van der Waals surface area contributed by atoms with Crippen molar-refractivity contribution < 1.29 is 29.3 Å². The zero-order chi connectivity index (χ0) is 26.6. The predicted molar refractivity (Wildman–Crippen MR) is 138 cm³/mol. The number of amides is 1. The summed E-state index contributed by atoms with van der Waals surface area (Å²) in [7, 11) is 1.43. The van der Waals surface area contributed by atoms with E-state index in [0.29, 0.717) is 30.0 Å². The van der Waals surface area contributed by atoms with E-state index in [1.165, 1.54) is 18.1 Å². The first kappa shape index (κ1) is 27.1. The highest BCUT2D eigenvalue weighted by atomic mass is 16.5. The third-order valence-electron chi connectivity index (χ3n) is 6.42. The van der Waals surface area contributed by atoms with E-state index in [4.69, 9.17) is 9.47 Å². The summed E-state index contributed by atoms with van der Waals surface area (Å²) in [4.78, 5) is 30.1. The molecule has 2 aromatic rings. The van der Waals surface area contributed by atoms with Gasteiger partial charge in [0, 0.05) is 18.7 Å². The summed E-state index contributed by atoms with van der Waals surface area (Å²) in [5, 5.41) is 21.5. The first-order valence-corrected chi connectivity index (χ1v) is 12.3. The molecule has 8 nitrogen and oxygen atoms in total. The Kier molecular flexibility index (Phi) is 8.63. The molecule has 1 heterocycles. The second kappa shape index (κ2) is 11.5. The second-order valence-electron chi connectivity index (χ2n) is 9.10. The Morgan fingerprint density at radius 3 is 2.36 bits per heavy atom. The Hall–Kier alpha value is -3.52. The fourth-order valence-electron chi connectivity index (χ4n) is 4.45. The minimum Gasteiger partial charge on any atom is -0.507 e. The van der Waals surface area contributed by atoms with E-state index in [1.807, 2.05) is 34.6 Å². The summed E-state index contributed by atoms with van der Waals surface area (Å²) in [6.45, 7) is 12.3. The largest absolute Gasteiger partial charge is 0.507 e. The molecule has 1 atom stereocenters. The zero-order valence-corrected chi connectivity index (χ0v) is 21.9. The van der Waals surface area contributed by atoms with Crippen molar-refractivity contribution in [1.82, 2.24) is 9.80 Å². The van der Waals surface area contributed by atoms with Crippen LogP contribution in [0, 0.1) is 6.92 Å². The molecule has 1 amide bonds. The first-order valence-electron chi connectivity index (χ1n) is 12.3. The molecular weight excluding hydrogens is 460 g/mol. The number of aryl methyl sites for hydroxylation is 1. The number of aliphatic hydroxyl groups excluding tert-OH is 1. The van der Waals surface area contributed by atoms with Crippen molar-refractivity contribution in [2.45, 2.75) is 46.8 Å². The molecule has 3 rings (SSSR count). The highest BCUT2D eigenvalue weighted by Gasteiger charge is 2.46. The fraction of sp³-hybridized carbons (Fsp3) is 0.429. The van der Waals surface area contributed by atoms with Gasteiger partial charge in [-0.3, -0.25) is 9.59 Å². The third kappa shape index (κ3) is 5.49. The molecule has 1 fully saturated rings. The van der Waals surface area contributed by atoms with E-state index in [9.17, 15) is 19.8 Å². The van der Waals surface area contributed by atoms with E-state index < -0.39 is 17.7 Å². The molecule has 0 radical (unpaired) electrons. The summed E-state index contributed by atoms with van der Waals surface area (Å²) in [6, 6.07) is 9.02. The van der Waals surface area contributed by atoms with Crippen LogP contribution in [0.15, 0.2) is 42.0 Å². The molecule has 1 aliphatic heterocycles. The number of ketones is 1. The molecule has 194 valence electrons. The van der Waals surface area contributed by atoms with Crippen molar-refractivity contribution in [2.75, 3.05) is 33.3 Å². The molecule has 0 aliphatic carbocycles. The van der Waals surface area contributed by atoms with Gasteiger partial charge in [-0.2, -0.15) is 0 Å². The van der Waals surface area contributed by atoms with Crippen LogP contribution < -0.4 is 9.47 Å². The van der Waals surface area contributed by atoms with Gasteiger partial charge in [0.15, 0.2) is 11.5 Å². The number of likely N-dealkylation sites (tertiary alicyclic amines) is 1. The highest BCUT2D eigenvalue weighted by molar-refractivity contribution is 6.46. The molecule has 2 N–H and O–H groups in total. The number of ether oxygens (including phenoxy) is 2. The van der Waals surface area contributed by atoms with E-state index in [0.717, 1.165) is 18.7 Å². The molecule has 36 heavy (non-hydrogen) atoms. The van der Waals surface area contributed by atoms with Crippen molar-refractivity contribution in [3.05, 3.63) is 58.7 Å². The van der Waals surface area contributed by atoms with Crippen LogP contribution in [0.2, 0.25) is 0 Å². The average molecular weight is 497 g/mol. The van der Waals surface area contributed by atoms with Gasteiger partial charge < -0.3 is 29.5 Å². The van der Waals surface area contributed by atoms with Gasteiger partial charge in [-0.05, 0) is 75.3 Å². The topological polar surface area (TPSA) is 99.5 Å². The zero-order valence-electron chi connectivity index (χ0n) is 21.9. The fourth-order valence-corrected chi connectivity index (χ4v) is 4.45. The number of benzene rings is 2. The predicted octanol–water partition coefficient (Wildman–Crippen LogP) is 4.26. The quantitative estimate of drug-likeness (QED) is 0.288. The van der Waals surface area contributed by atoms with Crippen molar-refractivity contribution in [3.63, 3.8) is 0 Å². The van der Waals surface area contributed by atoms with Crippen molar-refractivity contribution in [2.24, 2.45) is 0 Å². The number of likely N-dealkylation sites (N-methyl/N-ethyl adjacent to an activating group) is 1. The van der Waals surface area contributed by atoms with Crippen molar-refractivity contribution in [1.29, 1.82) is 0 Å². The van der Waals surface area contributed by atoms with Crippen LogP contribution in [-0.2, 0) is 9.59 Å². The Bertz CT molecular complexity index is 1150. The van der Waals surface area contributed by atoms with Gasteiger partial charge >= 0.3 is 0 Å². The minimum atomic E-state index is -0.832. The Morgan fingerprint density at radius 1 is 1.08 bits per heavy atom. The molecule has 2 aromatic carbocycles. The lowest BCUT2D eigenvalue weighted by molar-refractivity contribution is -0.140.